The van der Waals surface area contributed by atoms with Gasteiger partial charge in [0.1, 0.15) is 11.4 Å². The van der Waals surface area contributed by atoms with Crippen LogP contribution in [-0.2, 0) is 0 Å². The molecule has 2 atom stereocenters. The van der Waals surface area contributed by atoms with E-state index in [-0.39, 0.29) is 16.9 Å². The lowest BCUT2D eigenvalue weighted by Gasteiger charge is -2.05. The summed E-state index contributed by atoms with van der Waals surface area (Å²) in [7, 11) is 0. The lowest BCUT2D eigenvalue weighted by atomic mass is 10.3. The molecule has 1 fully saturated rings. The highest BCUT2D eigenvalue weighted by Crippen LogP contribution is 2.33. The number of hydrogen-bond donors (Lipinski definition) is 0. The molecule has 2 rings (SSSR count). The smallest absolute Gasteiger partial charge is 0.242 e. The second-order valence-electron chi connectivity index (χ2n) is 4.68. The first-order valence-corrected chi connectivity index (χ1v) is 5.90. The van der Waals surface area contributed by atoms with Crippen LogP contribution in [0.2, 0.25) is 0 Å². The Labute approximate surface area is 104 Å². The third-order valence-corrected chi connectivity index (χ3v) is 2.81. The molecule has 1 heterocycles. The Hall–Kier alpha value is -1.98. The van der Waals surface area contributed by atoms with Crippen LogP contribution in [0.1, 0.15) is 25.1 Å². The van der Waals surface area contributed by atoms with Crippen LogP contribution in [0.4, 0.5) is 0 Å². The van der Waals surface area contributed by atoms with Gasteiger partial charge in [-0.05, 0) is 26.0 Å². The maximum Gasteiger partial charge on any atom is 0.242 e. The number of pyridine rings is 1. The van der Waals surface area contributed by atoms with Crippen LogP contribution < -0.4 is 5.49 Å². The lowest BCUT2D eigenvalue weighted by molar-refractivity contribution is -0.497. The Morgan fingerprint density at radius 1 is 1.56 bits per heavy atom. The van der Waals surface area contributed by atoms with E-state index in [1.54, 1.807) is 24.4 Å². The molecule has 1 aromatic rings. The Morgan fingerprint density at radius 3 is 2.83 bits per heavy atom. The SMILES string of the molecule is CC(C)N=c1ccccn1C(=O)[C@@H]1C[C@@H]1[N+](=O)[O-]. The van der Waals surface area contributed by atoms with Crippen molar-refractivity contribution in [2.45, 2.75) is 32.4 Å². The van der Waals surface area contributed by atoms with Crippen LogP contribution in [-0.4, -0.2) is 27.5 Å². The normalized spacial score (nSPS) is 23.2. The van der Waals surface area contributed by atoms with Crippen LogP contribution in [0.5, 0.6) is 0 Å². The van der Waals surface area contributed by atoms with E-state index in [0.717, 1.165) is 0 Å². The van der Waals surface area contributed by atoms with Crippen molar-refractivity contribution in [2.24, 2.45) is 10.9 Å². The van der Waals surface area contributed by atoms with Crippen LogP contribution in [0.25, 0.3) is 0 Å². The fraction of sp³-hybridized carbons (Fsp3) is 0.500. The van der Waals surface area contributed by atoms with Crippen LogP contribution in [0, 0.1) is 16.0 Å². The fourth-order valence-electron chi connectivity index (χ4n) is 1.85. The van der Waals surface area contributed by atoms with Gasteiger partial charge in [-0.2, -0.15) is 0 Å². The second kappa shape index (κ2) is 4.72. The summed E-state index contributed by atoms with van der Waals surface area (Å²) in [4.78, 5) is 26.7. The third-order valence-electron chi connectivity index (χ3n) is 2.81. The highest BCUT2D eigenvalue weighted by Gasteiger charge is 2.53. The summed E-state index contributed by atoms with van der Waals surface area (Å²) < 4.78 is 1.41. The third kappa shape index (κ3) is 2.47. The zero-order chi connectivity index (χ0) is 13.3. The Morgan fingerprint density at radius 2 is 2.28 bits per heavy atom. The Balaban J connectivity index is 2.30. The van der Waals surface area contributed by atoms with Crippen molar-refractivity contribution in [3.05, 3.63) is 40.0 Å². The van der Waals surface area contributed by atoms with Gasteiger partial charge in [0.25, 0.3) is 0 Å². The molecule has 18 heavy (non-hydrogen) atoms. The molecule has 0 spiro atoms. The number of nitro groups is 1. The van der Waals surface area contributed by atoms with E-state index in [1.807, 2.05) is 13.8 Å². The van der Waals surface area contributed by atoms with E-state index in [2.05, 4.69) is 4.99 Å². The van der Waals surface area contributed by atoms with Crippen LogP contribution >= 0.6 is 0 Å². The van der Waals surface area contributed by atoms with Gasteiger partial charge >= 0.3 is 0 Å². The lowest BCUT2D eigenvalue weighted by Crippen LogP contribution is -2.30. The first kappa shape index (κ1) is 12.5. The summed E-state index contributed by atoms with van der Waals surface area (Å²) in [5, 5.41) is 10.6. The van der Waals surface area contributed by atoms with Gasteiger partial charge in [-0.1, -0.05) is 6.07 Å². The van der Waals surface area contributed by atoms with Crippen LogP contribution in [0.15, 0.2) is 29.4 Å². The summed E-state index contributed by atoms with van der Waals surface area (Å²) in [6, 6.07) is 4.60. The molecule has 6 nitrogen and oxygen atoms in total. The second-order valence-corrected chi connectivity index (χ2v) is 4.68. The average Bonchev–Trinajstić information content (AvgIpc) is 3.08. The zero-order valence-electron chi connectivity index (χ0n) is 10.3. The van der Waals surface area contributed by atoms with Gasteiger partial charge in [-0.25, -0.2) is 0 Å². The highest BCUT2D eigenvalue weighted by molar-refractivity contribution is 5.84. The van der Waals surface area contributed by atoms with Gasteiger partial charge in [0, 0.05) is 23.6 Å². The summed E-state index contributed by atoms with van der Waals surface area (Å²) >= 11 is 0. The minimum absolute atomic E-state index is 0.0666. The molecule has 0 N–H and O–H groups in total. The van der Waals surface area contributed by atoms with E-state index >= 15 is 0 Å². The monoisotopic (exact) mass is 249 g/mol. The first-order valence-electron chi connectivity index (χ1n) is 5.90. The number of nitrogens with zero attached hydrogens (tertiary/aromatic N) is 3. The average molecular weight is 249 g/mol. The van der Waals surface area contributed by atoms with Crippen molar-refractivity contribution in [3.8, 4) is 0 Å². The summed E-state index contributed by atoms with van der Waals surface area (Å²) in [5.74, 6) is -0.745. The standard InChI is InChI=1S/C12H15N3O3/c1-8(2)13-11-5-3-4-6-14(11)12(16)9-7-10(9)15(17)18/h3-6,8-10H,7H2,1-2H3/t9-,10+/m1/s1. The number of carbonyl (C=O) groups is 1. The molecule has 1 aromatic heterocycles. The highest BCUT2D eigenvalue weighted by atomic mass is 16.6. The van der Waals surface area contributed by atoms with E-state index in [9.17, 15) is 14.9 Å². The van der Waals surface area contributed by atoms with E-state index in [4.69, 9.17) is 0 Å². The topological polar surface area (TPSA) is 77.5 Å². The number of aromatic nitrogens is 1. The molecule has 0 amide bonds. The minimum atomic E-state index is -0.725. The molecule has 1 saturated carbocycles. The Kier molecular flexibility index (Phi) is 3.27. The van der Waals surface area contributed by atoms with Crippen LogP contribution in [0.3, 0.4) is 0 Å². The number of rotatable bonds is 3. The van der Waals surface area contributed by atoms with Crippen molar-refractivity contribution < 1.29 is 9.72 Å². The van der Waals surface area contributed by atoms with E-state index < -0.39 is 12.0 Å². The molecule has 0 saturated heterocycles. The van der Waals surface area contributed by atoms with Gasteiger partial charge in [-0.15, -0.1) is 0 Å². The molecular weight excluding hydrogens is 234 g/mol. The van der Waals surface area contributed by atoms with Crippen molar-refractivity contribution in [2.75, 3.05) is 0 Å². The van der Waals surface area contributed by atoms with Crippen molar-refractivity contribution >= 4 is 5.91 Å². The van der Waals surface area contributed by atoms with Gasteiger partial charge in [0.05, 0.1) is 0 Å². The van der Waals surface area contributed by atoms with Gasteiger partial charge < -0.3 is 0 Å². The van der Waals surface area contributed by atoms with Gasteiger partial charge in [0.15, 0.2) is 0 Å². The predicted octanol–water partition coefficient (Wildman–Crippen LogP) is 1.10. The van der Waals surface area contributed by atoms with E-state index in [0.29, 0.717) is 11.9 Å². The first-order chi connectivity index (χ1) is 8.50. The molecular formula is C12H15N3O3. The van der Waals surface area contributed by atoms with Gasteiger partial charge in [-0.3, -0.25) is 24.5 Å². The molecule has 0 bridgehead atoms. The molecule has 0 radical (unpaired) electrons. The van der Waals surface area contributed by atoms with Crippen molar-refractivity contribution in [3.63, 3.8) is 0 Å². The number of carbonyl (C=O) groups excluding carboxylic acids is 1. The maximum absolute atomic E-state index is 12.1. The summed E-state index contributed by atoms with van der Waals surface area (Å²) in [5.41, 5.74) is 0.548. The maximum atomic E-state index is 12.1. The minimum Gasteiger partial charge on any atom is -0.273 e. The molecule has 0 aliphatic heterocycles. The zero-order valence-corrected chi connectivity index (χ0v) is 10.3. The molecule has 96 valence electrons. The molecule has 6 heteroatoms. The van der Waals surface area contributed by atoms with Crippen molar-refractivity contribution in [1.29, 1.82) is 0 Å². The quantitative estimate of drug-likeness (QED) is 0.594. The molecule has 0 aromatic carbocycles. The number of hydrogen-bond acceptors (Lipinski definition) is 4. The van der Waals surface area contributed by atoms with Gasteiger partial charge in [0.2, 0.25) is 11.9 Å². The predicted molar refractivity (Wildman–Crippen MR) is 64.6 cm³/mol. The summed E-state index contributed by atoms with van der Waals surface area (Å²) in [6.07, 6.45) is 1.94. The fourth-order valence-corrected chi connectivity index (χ4v) is 1.85. The molecule has 0 unspecified atom stereocenters. The van der Waals surface area contributed by atoms with E-state index in [1.165, 1.54) is 4.57 Å². The van der Waals surface area contributed by atoms with Crippen molar-refractivity contribution in [1.82, 2.24) is 4.57 Å². The molecule has 1 aliphatic rings. The largest absolute Gasteiger partial charge is 0.273 e. The summed E-state index contributed by atoms with van der Waals surface area (Å²) in [6.45, 7) is 3.83. The molecule has 1 aliphatic carbocycles. The Bertz CT molecular complexity index is 547.